The second-order valence-corrected chi connectivity index (χ2v) is 8.28. The Kier molecular flexibility index (Phi) is 7.41. The fourth-order valence-corrected chi connectivity index (χ4v) is 5.01. The van der Waals surface area contributed by atoms with Crippen LogP contribution >= 0.6 is 0 Å². The predicted octanol–water partition coefficient (Wildman–Crippen LogP) is 2.57. The monoisotopic (exact) mass is 350 g/mol. The van der Waals surface area contributed by atoms with Gasteiger partial charge in [-0.05, 0) is 44.6 Å². The molecule has 3 rings (SSSR count). The van der Waals surface area contributed by atoms with Gasteiger partial charge in [0.2, 0.25) is 0 Å². The van der Waals surface area contributed by atoms with E-state index in [1.165, 1.54) is 64.5 Å². The molecule has 2 atom stereocenters. The van der Waals surface area contributed by atoms with Gasteiger partial charge in [0.25, 0.3) is 0 Å². The van der Waals surface area contributed by atoms with Crippen LogP contribution < -0.4 is 5.32 Å². The molecule has 0 aromatic carbocycles. The van der Waals surface area contributed by atoms with E-state index in [9.17, 15) is 0 Å². The van der Waals surface area contributed by atoms with Crippen LogP contribution in [0.15, 0.2) is 4.99 Å². The number of nitrogens with zero attached hydrogens (tertiary/aromatic N) is 3. The van der Waals surface area contributed by atoms with E-state index in [1.54, 1.807) is 7.11 Å². The highest BCUT2D eigenvalue weighted by Gasteiger charge is 2.29. The highest BCUT2D eigenvalue weighted by atomic mass is 16.5. The minimum absolute atomic E-state index is 0.651. The second-order valence-electron chi connectivity index (χ2n) is 8.28. The first kappa shape index (κ1) is 19.0. The lowest BCUT2D eigenvalue weighted by atomic mass is 9.89. The molecule has 3 aliphatic rings. The summed E-state index contributed by atoms with van der Waals surface area (Å²) in [5, 5.41) is 3.68. The largest absolute Gasteiger partial charge is 0.384 e. The lowest BCUT2D eigenvalue weighted by Crippen LogP contribution is -2.47. The minimum atomic E-state index is 0.651. The van der Waals surface area contributed by atoms with Crippen molar-refractivity contribution in [2.45, 2.75) is 57.4 Å². The molecule has 1 aliphatic carbocycles. The van der Waals surface area contributed by atoms with Crippen molar-refractivity contribution in [3.8, 4) is 0 Å². The van der Waals surface area contributed by atoms with Gasteiger partial charge >= 0.3 is 0 Å². The zero-order chi connectivity index (χ0) is 17.5. The molecule has 2 unspecified atom stereocenters. The summed E-state index contributed by atoms with van der Waals surface area (Å²) >= 11 is 0. The van der Waals surface area contributed by atoms with Crippen molar-refractivity contribution in [3.05, 3.63) is 0 Å². The van der Waals surface area contributed by atoms with E-state index >= 15 is 0 Å². The molecule has 0 radical (unpaired) electrons. The normalized spacial score (nSPS) is 29.5. The lowest BCUT2D eigenvalue weighted by molar-refractivity contribution is 0.157. The average Bonchev–Trinajstić information content (AvgIpc) is 3.27. The smallest absolute Gasteiger partial charge is 0.193 e. The zero-order valence-corrected chi connectivity index (χ0v) is 16.4. The number of hydrogen-bond acceptors (Lipinski definition) is 3. The van der Waals surface area contributed by atoms with Crippen LogP contribution in [0.2, 0.25) is 0 Å². The third-order valence-corrected chi connectivity index (χ3v) is 6.41. The number of rotatable bonds is 6. The number of aliphatic imine (C=N–C) groups is 1. The Morgan fingerprint density at radius 3 is 2.64 bits per heavy atom. The Hall–Kier alpha value is -0.810. The van der Waals surface area contributed by atoms with Crippen molar-refractivity contribution in [1.82, 2.24) is 15.1 Å². The molecule has 0 amide bonds. The van der Waals surface area contributed by atoms with Crippen LogP contribution in [-0.2, 0) is 4.74 Å². The molecule has 25 heavy (non-hydrogen) atoms. The number of likely N-dealkylation sites (tertiary alicyclic amines) is 2. The Balaban J connectivity index is 1.44. The standard InChI is InChI=1S/C20H38N4O/c1-21-20(24-12-10-18(15-24)16-25-2)22-13-19-9-6-11-23(19)14-17-7-4-3-5-8-17/h17-19H,3-16H2,1-2H3,(H,21,22). The van der Waals surface area contributed by atoms with Crippen molar-refractivity contribution in [1.29, 1.82) is 0 Å². The fraction of sp³-hybridized carbons (Fsp3) is 0.950. The van der Waals surface area contributed by atoms with Gasteiger partial charge in [-0.15, -0.1) is 0 Å². The van der Waals surface area contributed by atoms with E-state index in [0.29, 0.717) is 12.0 Å². The maximum atomic E-state index is 5.32. The SMILES string of the molecule is CN=C(NCC1CCCN1CC1CCCCC1)N1CCC(COC)C1. The summed E-state index contributed by atoms with van der Waals surface area (Å²) in [5.41, 5.74) is 0. The van der Waals surface area contributed by atoms with Gasteiger partial charge in [-0.25, -0.2) is 0 Å². The maximum Gasteiger partial charge on any atom is 0.193 e. The zero-order valence-electron chi connectivity index (χ0n) is 16.4. The molecule has 5 heteroatoms. The van der Waals surface area contributed by atoms with Gasteiger partial charge in [0, 0.05) is 52.3 Å². The third-order valence-electron chi connectivity index (χ3n) is 6.41. The van der Waals surface area contributed by atoms with Crippen LogP contribution in [0.25, 0.3) is 0 Å². The number of methoxy groups -OCH3 is 1. The van der Waals surface area contributed by atoms with E-state index in [1.807, 2.05) is 7.05 Å². The molecule has 1 saturated carbocycles. The predicted molar refractivity (Wildman–Crippen MR) is 104 cm³/mol. The summed E-state index contributed by atoms with van der Waals surface area (Å²) in [4.78, 5) is 9.70. The second kappa shape index (κ2) is 9.77. The van der Waals surface area contributed by atoms with Crippen LogP contribution in [0.3, 0.4) is 0 Å². The van der Waals surface area contributed by atoms with E-state index in [0.717, 1.165) is 38.1 Å². The Labute approximate surface area is 154 Å². The average molecular weight is 351 g/mol. The molecule has 5 nitrogen and oxygen atoms in total. The summed E-state index contributed by atoms with van der Waals surface area (Å²) in [6.07, 6.45) is 11.2. The van der Waals surface area contributed by atoms with Crippen molar-refractivity contribution < 1.29 is 4.74 Å². The Morgan fingerprint density at radius 2 is 1.88 bits per heavy atom. The molecule has 2 aliphatic heterocycles. The van der Waals surface area contributed by atoms with E-state index in [2.05, 4.69) is 20.1 Å². The first-order chi connectivity index (χ1) is 12.3. The van der Waals surface area contributed by atoms with Gasteiger partial charge < -0.3 is 15.0 Å². The molecular weight excluding hydrogens is 312 g/mol. The van der Waals surface area contributed by atoms with Crippen molar-refractivity contribution in [3.63, 3.8) is 0 Å². The topological polar surface area (TPSA) is 40.1 Å². The number of nitrogens with one attached hydrogen (secondary N) is 1. The van der Waals surface area contributed by atoms with Gasteiger partial charge in [0.05, 0.1) is 6.61 Å². The minimum Gasteiger partial charge on any atom is -0.384 e. The van der Waals surface area contributed by atoms with Crippen LogP contribution in [-0.4, -0.2) is 75.3 Å². The van der Waals surface area contributed by atoms with E-state index in [4.69, 9.17) is 4.74 Å². The third kappa shape index (κ3) is 5.33. The molecule has 2 saturated heterocycles. The summed E-state index contributed by atoms with van der Waals surface area (Å²) < 4.78 is 5.32. The summed E-state index contributed by atoms with van der Waals surface area (Å²) in [6.45, 7) is 6.70. The maximum absolute atomic E-state index is 5.32. The first-order valence-corrected chi connectivity index (χ1v) is 10.5. The highest BCUT2D eigenvalue weighted by molar-refractivity contribution is 5.80. The molecule has 1 N–H and O–H groups in total. The van der Waals surface area contributed by atoms with Crippen molar-refractivity contribution in [2.75, 3.05) is 53.5 Å². The Morgan fingerprint density at radius 1 is 1.04 bits per heavy atom. The highest BCUT2D eigenvalue weighted by Crippen LogP contribution is 2.27. The molecular formula is C20H38N4O. The molecule has 144 valence electrons. The van der Waals surface area contributed by atoms with Gasteiger partial charge in [0.1, 0.15) is 0 Å². The molecule has 0 bridgehead atoms. The van der Waals surface area contributed by atoms with Crippen LogP contribution in [0.1, 0.15) is 51.4 Å². The van der Waals surface area contributed by atoms with E-state index in [-0.39, 0.29) is 0 Å². The van der Waals surface area contributed by atoms with E-state index < -0.39 is 0 Å². The van der Waals surface area contributed by atoms with Crippen LogP contribution in [0.5, 0.6) is 0 Å². The molecule has 3 fully saturated rings. The quantitative estimate of drug-likeness (QED) is 0.590. The van der Waals surface area contributed by atoms with Crippen molar-refractivity contribution in [2.24, 2.45) is 16.8 Å². The van der Waals surface area contributed by atoms with Gasteiger partial charge in [-0.1, -0.05) is 19.3 Å². The van der Waals surface area contributed by atoms with Gasteiger partial charge in [-0.3, -0.25) is 9.89 Å². The molecule has 0 spiro atoms. The summed E-state index contributed by atoms with van der Waals surface area (Å²) in [6, 6.07) is 0.691. The van der Waals surface area contributed by atoms with Crippen LogP contribution in [0.4, 0.5) is 0 Å². The number of ether oxygens (including phenoxy) is 1. The summed E-state index contributed by atoms with van der Waals surface area (Å²) in [7, 11) is 3.72. The molecule has 2 heterocycles. The lowest BCUT2D eigenvalue weighted by Gasteiger charge is -2.32. The first-order valence-electron chi connectivity index (χ1n) is 10.5. The fourth-order valence-electron chi connectivity index (χ4n) is 5.01. The summed E-state index contributed by atoms with van der Waals surface area (Å²) in [5.74, 6) is 2.68. The van der Waals surface area contributed by atoms with Gasteiger partial charge in [0.15, 0.2) is 5.96 Å². The Bertz CT molecular complexity index is 422. The number of guanidine groups is 1. The van der Waals surface area contributed by atoms with Crippen LogP contribution in [0, 0.1) is 11.8 Å². The van der Waals surface area contributed by atoms with Crippen molar-refractivity contribution >= 4 is 5.96 Å². The number of hydrogen-bond donors (Lipinski definition) is 1. The molecule has 0 aromatic heterocycles. The van der Waals surface area contributed by atoms with Gasteiger partial charge in [-0.2, -0.15) is 0 Å². The molecule has 0 aromatic rings.